The summed E-state index contributed by atoms with van der Waals surface area (Å²) in [5, 5.41) is 2.32. The summed E-state index contributed by atoms with van der Waals surface area (Å²) >= 11 is 1.36. The molecule has 0 unspecified atom stereocenters. The van der Waals surface area contributed by atoms with Gasteiger partial charge in [-0.05, 0) is 43.8 Å². The summed E-state index contributed by atoms with van der Waals surface area (Å²) < 4.78 is 43.6. The van der Waals surface area contributed by atoms with Crippen molar-refractivity contribution in [2.24, 2.45) is 0 Å². The molecule has 1 aromatic carbocycles. The average Bonchev–Trinajstić information content (AvgIpc) is 3.36. The van der Waals surface area contributed by atoms with E-state index in [1.807, 2.05) is 24.3 Å². The SMILES string of the molecule is C[C@H](c1nc2scc(-c3ccco3)c2c(=O)[nH]1)N(C)Cc1ccc(C(F)(F)F)cc1. The summed E-state index contributed by atoms with van der Waals surface area (Å²) in [5.74, 6) is 1.10. The van der Waals surface area contributed by atoms with E-state index in [0.29, 0.717) is 33.9 Å². The van der Waals surface area contributed by atoms with Crippen LogP contribution in [0.3, 0.4) is 0 Å². The van der Waals surface area contributed by atoms with Gasteiger partial charge in [0.1, 0.15) is 16.4 Å². The van der Waals surface area contributed by atoms with Crippen LogP contribution in [-0.4, -0.2) is 21.9 Å². The quantitative estimate of drug-likeness (QED) is 0.454. The lowest BCUT2D eigenvalue weighted by Crippen LogP contribution is -2.25. The number of rotatable bonds is 5. The zero-order valence-electron chi connectivity index (χ0n) is 16.2. The van der Waals surface area contributed by atoms with Crippen LogP contribution in [-0.2, 0) is 12.7 Å². The molecule has 4 rings (SSSR count). The number of aromatic nitrogens is 2. The summed E-state index contributed by atoms with van der Waals surface area (Å²) in [6.45, 7) is 2.29. The minimum absolute atomic E-state index is 0.251. The first kappa shape index (κ1) is 20.4. The molecule has 0 aliphatic carbocycles. The number of nitrogens with zero attached hydrogens (tertiary/aromatic N) is 2. The zero-order chi connectivity index (χ0) is 21.5. The first-order valence-corrected chi connectivity index (χ1v) is 10.0. The molecule has 9 heteroatoms. The zero-order valence-corrected chi connectivity index (χ0v) is 17.0. The van der Waals surface area contributed by atoms with Crippen LogP contribution in [0, 0.1) is 0 Å². The van der Waals surface area contributed by atoms with E-state index < -0.39 is 11.7 Å². The van der Waals surface area contributed by atoms with Gasteiger partial charge in [0.25, 0.3) is 5.56 Å². The Hall–Kier alpha value is -2.91. The molecule has 3 heterocycles. The Labute approximate surface area is 173 Å². The molecule has 0 bridgehead atoms. The van der Waals surface area contributed by atoms with Crippen LogP contribution in [0.4, 0.5) is 13.2 Å². The highest BCUT2D eigenvalue weighted by atomic mass is 32.1. The van der Waals surface area contributed by atoms with Gasteiger partial charge in [0.2, 0.25) is 0 Å². The maximum atomic E-state index is 12.7. The summed E-state index contributed by atoms with van der Waals surface area (Å²) in [6.07, 6.45) is -2.81. The fraction of sp³-hybridized carbons (Fsp3) is 0.238. The molecule has 0 saturated heterocycles. The van der Waals surface area contributed by atoms with E-state index in [1.54, 1.807) is 18.4 Å². The number of H-pyrrole nitrogens is 1. The molecule has 0 aliphatic heterocycles. The maximum Gasteiger partial charge on any atom is 0.416 e. The highest BCUT2D eigenvalue weighted by Gasteiger charge is 2.30. The average molecular weight is 433 g/mol. The fourth-order valence-electron chi connectivity index (χ4n) is 3.21. The molecule has 30 heavy (non-hydrogen) atoms. The van der Waals surface area contributed by atoms with Crippen LogP contribution in [0.1, 0.15) is 29.9 Å². The van der Waals surface area contributed by atoms with Crippen molar-refractivity contribution in [1.29, 1.82) is 0 Å². The topological polar surface area (TPSA) is 62.1 Å². The lowest BCUT2D eigenvalue weighted by molar-refractivity contribution is -0.137. The minimum atomic E-state index is -4.36. The lowest BCUT2D eigenvalue weighted by atomic mass is 10.1. The van der Waals surface area contributed by atoms with Gasteiger partial charge in [-0.3, -0.25) is 9.69 Å². The van der Waals surface area contributed by atoms with Crippen molar-refractivity contribution in [3.63, 3.8) is 0 Å². The van der Waals surface area contributed by atoms with Crippen molar-refractivity contribution in [2.45, 2.75) is 25.7 Å². The van der Waals surface area contributed by atoms with Crippen molar-refractivity contribution in [3.8, 4) is 11.3 Å². The Balaban J connectivity index is 1.57. The first-order chi connectivity index (χ1) is 14.2. The van der Waals surface area contributed by atoms with Crippen molar-refractivity contribution in [2.75, 3.05) is 7.05 Å². The molecule has 3 aromatic heterocycles. The van der Waals surface area contributed by atoms with Crippen molar-refractivity contribution >= 4 is 21.6 Å². The van der Waals surface area contributed by atoms with Gasteiger partial charge in [-0.1, -0.05) is 12.1 Å². The number of benzene rings is 1. The predicted molar refractivity (Wildman–Crippen MR) is 109 cm³/mol. The molecule has 4 aromatic rings. The first-order valence-electron chi connectivity index (χ1n) is 9.15. The molecule has 156 valence electrons. The van der Waals surface area contributed by atoms with Crippen LogP contribution in [0.15, 0.2) is 57.3 Å². The molecule has 5 nitrogen and oxygen atoms in total. The fourth-order valence-corrected chi connectivity index (χ4v) is 4.14. The number of alkyl halides is 3. The molecule has 0 aliphatic rings. The van der Waals surface area contributed by atoms with E-state index in [2.05, 4.69) is 9.97 Å². The molecule has 0 radical (unpaired) electrons. The van der Waals surface area contributed by atoms with Crippen LogP contribution in [0.25, 0.3) is 21.5 Å². The smallest absolute Gasteiger partial charge is 0.416 e. The number of hydrogen-bond acceptors (Lipinski definition) is 5. The van der Waals surface area contributed by atoms with Gasteiger partial charge in [-0.2, -0.15) is 13.2 Å². The molecule has 0 spiro atoms. The third-order valence-corrected chi connectivity index (χ3v) is 5.89. The number of nitrogens with one attached hydrogen (secondary N) is 1. The second-order valence-corrected chi connectivity index (χ2v) is 7.90. The van der Waals surface area contributed by atoms with Gasteiger partial charge in [0.05, 0.1) is 23.3 Å². The number of halogens is 3. The van der Waals surface area contributed by atoms with Gasteiger partial charge in [0.15, 0.2) is 0 Å². The molecule has 0 amide bonds. The van der Waals surface area contributed by atoms with E-state index in [9.17, 15) is 18.0 Å². The maximum absolute atomic E-state index is 12.7. The second kappa shape index (κ2) is 7.73. The van der Waals surface area contributed by atoms with Crippen molar-refractivity contribution in [1.82, 2.24) is 14.9 Å². The lowest BCUT2D eigenvalue weighted by Gasteiger charge is -2.24. The number of fused-ring (bicyclic) bond motifs is 1. The second-order valence-electron chi connectivity index (χ2n) is 7.04. The number of hydrogen-bond donors (Lipinski definition) is 1. The van der Waals surface area contributed by atoms with Gasteiger partial charge in [0, 0.05) is 17.5 Å². The standard InChI is InChI=1S/C21H18F3N3O2S/c1-12(27(2)10-13-5-7-14(8-6-13)21(22,23)24)18-25-19(28)17-15(11-30-20(17)26-18)16-4-3-9-29-16/h3-9,11-12H,10H2,1-2H3,(H,25,26,28)/t12-/m1/s1. The summed E-state index contributed by atoms with van der Waals surface area (Å²) in [4.78, 5) is 22.7. The molecule has 1 N–H and O–H groups in total. The Morgan fingerprint density at radius 2 is 1.97 bits per heavy atom. The number of aromatic amines is 1. The predicted octanol–water partition coefficient (Wildman–Crippen LogP) is 5.46. The molecular formula is C21H18F3N3O2S. The van der Waals surface area contributed by atoms with E-state index in [4.69, 9.17) is 4.42 Å². The highest BCUT2D eigenvalue weighted by Crippen LogP contribution is 2.32. The van der Waals surface area contributed by atoms with E-state index in [1.165, 1.54) is 23.5 Å². The van der Waals surface area contributed by atoms with E-state index in [-0.39, 0.29) is 11.6 Å². The van der Waals surface area contributed by atoms with Gasteiger partial charge in [-0.25, -0.2) is 4.98 Å². The summed E-state index contributed by atoms with van der Waals surface area (Å²) in [7, 11) is 1.83. The Kier molecular flexibility index (Phi) is 5.25. The van der Waals surface area contributed by atoms with Gasteiger partial charge in [-0.15, -0.1) is 11.3 Å². The van der Waals surface area contributed by atoms with Crippen LogP contribution in [0.2, 0.25) is 0 Å². The Bertz CT molecular complexity index is 1210. The molecule has 1 atom stereocenters. The normalized spacial score (nSPS) is 13.3. The highest BCUT2D eigenvalue weighted by molar-refractivity contribution is 7.17. The van der Waals surface area contributed by atoms with E-state index in [0.717, 1.165) is 17.7 Å². The third kappa shape index (κ3) is 3.90. The molecule has 0 fully saturated rings. The minimum Gasteiger partial charge on any atom is -0.464 e. The number of thiophene rings is 1. The third-order valence-electron chi connectivity index (χ3n) is 5.02. The van der Waals surface area contributed by atoms with Crippen LogP contribution in [0.5, 0.6) is 0 Å². The van der Waals surface area contributed by atoms with Crippen molar-refractivity contribution in [3.05, 3.63) is 75.3 Å². The van der Waals surface area contributed by atoms with Crippen LogP contribution >= 0.6 is 11.3 Å². The Morgan fingerprint density at radius 1 is 1.23 bits per heavy atom. The largest absolute Gasteiger partial charge is 0.464 e. The number of furan rings is 1. The summed E-state index contributed by atoms with van der Waals surface area (Å²) in [6, 6.07) is 8.35. The Morgan fingerprint density at radius 3 is 2.60 bits per heavy atom. The van der Waals surface area contributed by atoms with Gasteiger partial charge < -0.3 is 9.40 Å². The van der Waals surface area contributed by atoms with Crippen LogP contribution < -0.4 is 5.56 Å². The monoisotopic (exact) mass is 433 g/mol. The molecular weight excluding hydrogens is 415 g/mol. The van der Waals surface area contributed by atoms with Gasteiger partial charge >= 0.3 is 6.18 Å². The van der Waals surface area contributed by atoms with E-state index >= 15 is 0 Å². The summed E-state index contributed by atoms with van der Waals surface area (Å²) in [5.41, 5.74) is 0.504. The van der Waals surface area contributed by atoms with Crippen molar-refractivity contribution < 1.29 is 17.6 Å². The molecule has 0 saturated carbocycles.